The van der Waals surface area contributed by atoms with Gasteiger partial charge in [0.25, 0.3) is 5.91 Å². The number of carbonyl (C=O) groups excluding carboxylic acids is 1. The van der Waals surface area contributed by atoms with Gasteiger partial charge in [-0.15, -0.1) is 0 Å². The topological polar surface area (TPSA) is 58.1 Å². The predicted octanol–water partition coefficient (Wildman–Crippen LogP) is 3.83. The van der Waals surface area contributed by atoms with E-state index in [0.29, 0.717) is 31.9 Å². The van der Waals surface area contributed by atoms with Crippen LogP contribution in [0.15, 0.2) is 6.20 Å². The van der Waals surface area contributed by atoms with Gasteiger partial charge in [-0.1, -0.05) is 18.0 Å². The summed E-state index contributed by atoms with van der Waals surface area (Å²) in [6, 6.07) is -0.532. The van der Waals surface area contributed by atoms with Crippen molar-refractivity contribution >= 4 is 23.5 Å². The lowest BCUT2D eigenvalue weighted by Gasteiger charge is -2.31. The van der Waals surface area contributed by atoms with Crippen LogP contribution in [0.25, 0.3) is 0 Å². The number of anilines is 1. The Morgan fingerprint density at radius 1 is 1.36 bits per heavy atom. The average molecular weight is 379 g/mol. The van der Waals surface area contributed by atoms with Crippen LogP contribution in [0.5, 0.6) is 0 Å². The van der Waals surface area contributed by atoms with Crippen LogP contribution in [-0.2, 0) is 0 Å². The largest absolute Gasteiger partial charge is 0.391 e. The van der Waals surface area contributed by atoms with Crippen molar-refractivity contribution in [3.8, 4) is 0 Å². The summed E-state index contributed by atoms with van der Waals surface area (Å²) >= 11 is 6.02. The standard InChI is InChI=1S/C16H22ClF3N4O/c1-3-24(4-2)15-21-9-12(17)13(23-15)14(25)22-11-7-5-6-10(8-11)16(18,19)20/h9-11H,3-8H2,1-2H3,(H,22,25). The van der Waals surface area contributed by atoms with Gasteiger partial charge in [-0.2, -0.15) is 13.2 Å². The lowest BCUT2D eigenvalue weighted by atomic mass is 9.85. The second-order valence-corrected chi connectivity index (χ2v) is 6.52. The smallest absolute Gasteiger partial charge is 0.348 e. The Hall–Kier alpha value is -1.57. The van der Waals surface area contributed by atoms with Gasteiger partial charge in [-0.05, 0) is 33.1 Å². The minimum atomic E-state index is -4.23. The number of hydrogen-bond donors (Lipinski definition) is 1. The summed E-state index contributed by atoms with van der Waals surface area (Å²) in [5, 5.41) is 2.73. The second-order valence-electron chi connectivity index (χ2n) is 6.11. The zero-order valence-corrected chi connectivity index (χ0v) is 15.0. The van der Waals surface area contributed by atoms with Crippen LogP contribution in [0, 0.1) is 5.92 Å². The molecule has 1 heterocycles. The van der Waals surface area contributed by atoms with Crippen LogP contribution < -0.4 is 10.2 Å². The minimum Gasteiger partial charge on any atom is -0.348 e. The van der Waals surface area contributed by atoms with Crippen molar-refractivity contribution in [2.75, 3.05) is 18.0 Å². The Balaban J connectivity index is 2.11. The summed E-state index contributed by atoms with van der Waals surface area (Å²) < 4.78 is 38.7. The van der Waals surface area contributed by atoms with Crippen LogP contribution in [-0.4, -0.2) is 41.2 Å². The first-order chi connectivity index (χ1) is 11.8. The van der Waals surface area contributed by atoms with Crippen molar-refractivity contribution in [3.05, 3.63) is 16.9 Å². The molecular formula is C16H22ClF3N4O. The number of nitrogens with one attached hydrogen (secondary N) is 1. The summed E-state index contributed by atoms with van der Waals surface area (Å²) in [7, 11) is 0. The zero-order chi connectivity index (χ0) is 18.6. The van der Waals surface area contributed by atoms with E-state index in [0.717, 1.165) is 0 Å². The molecule has 1 aromatic rings. The molecule has 2 unspecified atom stereocenters. The van der Waals surface area contributed by atoms with Crippen LogP contribution in [0.1, 0.15) is 50.0 Å². The summed E-state index contributed by atoms with van der Waals surface area (Å²) in [6.45, 7) is 5.19. The molecule has 0 aliphatic heterocycles. The molecule has 9 heteroatoms. The molecule has 1 amide bonds. The van der Waals surface area contributed by atoms with Crippen LogP contribution in [0.4, 0.5) is 19.1 Å². The molecule has 2 atom stereocenters. The molecule has 1 fully saturated rings. The van der Waals surface area contributed by atoms with Crippen molar-refractivity contribution in [1.29, 1.82) is 0 Å². The van der Waals surface area contributed by atoms with Crippen LogP contribution in [0.2, 0.25) is 5.02 Å². The molecule has 1 aromatic heterocycles. The van der Waals surface area contributed by atoms with Gasteiger partial charge < -0.3 is 10.2 Å². The molecule has 2 rings (SSSR count). The summed E-state index contributed by atoms with van der Waals surface area (Å²) in [6.07, 6.45) is -1.94. The molecule has 0 saturated heterocycles. The Bertz CT molecular complexity index is 608. The van der Waals surface area contributed by atoms with Crippen LogP contribution >= 0.6 is 11.6 Å². The number of nitrogens with zero attached hydrogens (tertiary/aromatic N) is 3. The number of alkyl halides is 3. The van der Waals surface area contributed by atoms with Gasteiger partial charge >= 0.3 is 6.18 Å². The Morgan fingerprint density at radius 2 is 2.04 bits per heavy atom. The second kappa shape index (κ2) is 8.21. The molecule has 25 heavy (non-hydrogen) atoms. The summed E-state index contributed by atoms with van der Waals surface area (Å²) in [4.78, 5) is 22.6. The molecule has 0 bridgehead atoms. The number of carbonyl (C=O) groups is 1. The lowest BCUT2D eigenvalue weighted by molar-refractivity contribution is -0.183. The number of aromatic nitrogens is 2. The molecule has 0 spiro atoms. The van der Waals surface area contributed by atoms with Crippen molar-refractivity contribution in [2.24, 2.45) is 5.92 Å². The van der Waals surface area contributed by atoms with Crippen molar-refractivity contribution < 1.29 is 18.0 Å². The molecular weight excluding hydrogens is 357 g/mol. The van der Waals surface area contributed by atoms with Crippen LogP contribution in [0.3, 0.4) is 0 Å². The van der Waals surface area contributed by atoms with Gasteiger partial charge in [0.2, 0.25) is 5.95 Å². The quantitative estimate of drug-likeness (QED) is 0.846. The van der Waals surface area contributed by atoms with Crippen molar-refractivity contribution in [3.63, 3.8) is 0 Å². The SMILES string of the molecule is CCN(CC)c1ncc(Cl)c(C(=O)NC2CCCC(C(F)(F)F)C2)n1. The average Bonchev–Trinajstić information content (AvgIpc) is 2.56. The van der Waals surface area contributed by atoms with Crippen molar-refractivity contribution in [2.45, 2.75) is 51.7 Å². The predicted molar refractivity (Wildman–Crippen MR) is 89.9 cm³/mol. The third-order valence-electron chi connectivity index (χ3n) is 4.47. The van der Waals surface area contributed by atoms with Gasteiger partial charge in [-0.25, -0.2) is 9.97 Å². The van der Waals surface area contributed by atoms with E-state index in [4.69, 9.17) is 11.6 Å². The first-order valence-corrected chi connectivity index (χ1v) is 8.79. The van der Waals surface area contributed by atoms with E-state index >= 15 is 0 Å². The molecule has 1 aliphatic carbocycles. The molecule has 140 valence electrons. The number of halogens is 4. The first-order valence-electron chi connectivity index (χ1n) is 8.41. The first kappa shape index (κ1) is 19.8. The maximum Gasteiger partial charge on any atom is 0.391 e. The maximum absolute atomic E-state index is 12.9. The molecule has 0 radical (unpaired) electrons. The molecule has 1 aliphatic rings. The van der Waals surface area contributed by atoms with E-state index in [1.165, 1.54) is 6.20 Å². The fourth-order valence-electron chi connectivity index (χ4n) is 3.05. The highest BCUT2D eigenvalue weighted by Gasteiger charge is 2.42. The fraction of sp³-hybridized carbons (Fsp3) is 0.688. The fourth-order valence-corrected chi connectivity index (χ4v) is 3.22. The van der Waals surface area contributed by atoms with Crippen molar-refractivity contribution in [1.82, 2.24) is 15.3 Å². The van der Waals surface area contributed by atoms with E-state index in [1.807, 2.05) is 18.7 Å². The van der Waals surface area contributed by atoms with Gasteiger partial charge in [0.05, 0.1) is 17.1 Å². The van der Waals surface area contributed by atoms with E-state index in [-0.39, 0.29) is 23.6 Å². The van der Waals surface area contributed by atoms with Gasteiger partial charge in [-0.3, -0.25) is 4.79 Å². The normalized spacial score (nSPS) is 21.0. The summed E-state index contributed by atoms with van der Waals surface area (Å²) in [5.74, 6) is -1.57. The lowest BCUT2D eigenvalue weighted by Crippen LogP contribution is -2.42. The highest BCUT2D eigenvalue weighted by molar-refractivity contribution is 6.33. The van der Waals surface area contributed by atoms with Gasteiger partial charge in [0.1, 0.15) is 0 Å². The number of hydrogen-bond acceptors (Lipinski definition) is 4. The number of rotatable bonds is 5. The highest BCUT2D eigenvalue weighted by atomic mass is 35.5. The maximum atomic E-state index is 12.9. The van der Waals surface area contributed by atoms with E-state index < -0.39 is 24.0 Å². The van der Waals surface area contributed by atoms with E-state index in [2.05, 4.69) is 15.3 Å². The molecule has 1 N–H and O–H groups in total. The Labute approximate surface area is 150 Å². The monoisotopic (exact) mass is 378 g/mol. The van der Waals surface area contributed by atoms with Gasteiger partial charge in [0, 0.05) is 19.1 Å². The Kier molecular flexibility index (Phi) is 6.48. The van der Waals surface area contributed by atoms with Gasteiger partial charge in [0.15, 0.2) is 5.69 Å². The molecule has 5 nitrogen and oxygen atoms in total. The highest BCUT2D eigenvalue weighted by Crippen LogP contribution is 2.37. The third kappa shape index (κ3) is 4.96. The zero-order valence-electron chi connectivity index (χ0n) is 14.2. The molecule has 1 saturated carbocycles. The minimum absolute atomic E-state index is 0.00676. The van der Waals surface area contributed by atoms with E-state index in [1.54, 1.807) is 0 Å². The third-order valence-corrected chi connectivity index (χ3v) is 4.74. The number of amides is 1. The molecule has 0 aromatic carbocycles. The summed E-state index contributed by atoms with van der Waals surface area (Å²) in [5.41, 5.74) is -0.00676. The Morgan fingerprint density at radius 3 is 2.64 bits per heavy atom. The van der Waals surface area contributed by atoms with E-state index in [9.17, 15) is 18.0 Å².